The zero-order valence-electron chi connectivity index (χ0n) is 19.8. The highest BCUT2D eigenvalue weighted by atomic mass is 79.9. The number of ether oxygens (including phenoxy) is 2. The summed E-state index contributed by atoms with van der Waals surface area (Å²) in [6, 6.07) is 3.89. The fourth-order valence-corrected chi connectivity index (χ4v) is 5.99. The van der Waals surface area contributed by atoms with Gasteiger partial charge in [0.25, 0.3) is 0 Å². The van der Waals surface area contributed by atoms with Crippen molar-refractivity contribution in [2.75, 3.05) is 13.7 Å². The van der Waals surface area contributed by atoms with E-state index in [1.807, 2.05) is 19.1 Å². The number of methoxy groups -OCH3 is 1. The van der Waals surface area contributed by atoms with Gasteiger partial charge in [-0.3, -0.25) is 9.59 Å². The van der Waals surface area contributed by atoms with E-state index >= 15 is 0 Å². The van der Waals surface area contributed by atoms with Gasteiger partial charge in [-0.1, -0.05) is 27.7 Å². The summed E-state index contributed by atoms with van der Waals surface area (Å²) < 4.78 is 12.2. The number of benzene rings is 1. The third kappa shape index (κ3) is 4.02. The van der Waals surface area contributed by atoms with Gasteiger partial charge >= 0.3 is 0 Å². The summed E-state index contributed by atoms with van der Waals surface area (Å²) in [6.45, 7) is 10.9. The molecule has 0 saturated carbocycles. The molecule has 1 aromatic carbocycles. The molecule has 1 aromatic rings. The molecule has 0 saturated heterocycles. The number of rotatable bonds is 4. The third-order valence-corrected chi connectivity index (χ3v) is 7.18. The summed E-state index contributed by atoms with van der Waals surface area (Å²) in [6.07, 6.45) is 2.51. The molecule has 0 aromatic heterocycles. The fourth-order valence-electron chi connectivity index (χ4n) is 5.41. The largest absolute Gasteiger partial charge is 0.493 e. The molecule has 0 radical (unpaired) electrons. The van der Waals surface area contributed by atoms with Gasteiger partial charge < -0.3 is 14.8 Å². The number of carbonyl (C=O) groups excluding carboxylic acids is 2. The summed E-state index contributed by atoms with van der Waals surface area (Å²) in [7, 11) is 1.61. The fraction of sp³-hybridized carbons (Fsp3) is 0.538. The van der Waals surface area contributed by atoms with Crippen LogP contribution in [0.25, 0.3) is 0 Å². The first-order valence-corrected chi connectivity index (χ1v) is 12.1. The van der Waals surface area contributed by atoms with Gasteiger partial charge in [-0.25, -0.2) is 0 Å². The van der Waals surface area contributed by atoms with Crippen molar-refractivity contribution < 1.29 is 19.1 Å². The van der Waals surface area contributed by atoms with Crippen LogP contribution in [-0.2, 0) is 9.59 Å². The highest BCUT2D eigenvalue weighted by Crippen LogP contribution is 2.52. The molecule has 0 fully saturated rings. The van der Waals surface area contributed by atoms with Crippen molar-refractivity contribution in [2.45, 2.75) is 66.2 Å². The van der Waals surface area contributed by atoms with Crippen molar-refractivity contribution in [1.29, 1.82) is 0 Å². The Kier molecular flexibility index (Phi) is 5.81. The van der Waals surface area contributed by atoms with E-state index in [0.717, 1.165) is 45.4 Å². The van der Waals surface area contributed by atoms with Crippen LogP contribution in [-0.4, -0.2) is 25.3 Å². The van der Waals surface area contributed by atoms with E-state index in [4.69, 9.17) is 9.47 Å². The maximum absolute atomic E-state index is 13.4. The lowest BCUT2D eigenvalue weighted by Crippen LogP contribution is -2.42. The molecular formula is C26H32BrNO4. The predicted octanol–water partition coefficient (Wildman–Crippen LogP) is 5.83. The first kappa shape index (κ1) is 23.1. The molecule has 4 rings (SSSR count). The molecule has 172 valence electrons. The first-order valence-electron chi connectivity index (χ1n) is 11.3. The third-order valence-electron chi connectivity index (χ3n) is 6.59. The number of hydrogen-bond donors (Lipinski definition) is 1. The van der Waals surface area contributed by atoms with E-state index < -0.39 is 5.92 Å². The minimum Gasteiger partial charge on any atom is -0.493 e. The van der Waals surface area contributed by atoms with Crippen LogP contribution in [0.5, 0.6) is 11.5 Å². The lowest BCUT2D eigenvalue weighted by molar-refractivity contribution is -0.119. The second-order valence-electron chi connectivity index (χ2n) is 10.7. The summed E-state index contributed by atoms with van der Waals surface area (Å²) in [5.41, 5.74) is 4.03. The molecule has 3 aliphatic rings. The normalized spacial score (nSPS) is 22.3. The van der Waals surface area contributed by atoms with Gasteiger partial charge in [0.2, 0.25) is 0 Å². The quantitative estimate of drug-likeness (QED) is 0.562. The average molecular weight is 502 g/mol. The van der Waals surface area contributed by atoms with Gasteiger partial charge in [-0.2, -0.15) is 0 Å². The molecule has 0 atom stereocenters. The molecule has 5 nitrogen and oxygen atoms in total. The van der Waals surface area contributed by atoms with Crippen LogP contribution in [0.4, 0.5) is 0 Å². The number of allylic oxidation sites excluding steroid dienone is 4. The molecule has 1 heterocycles. The van der Waals surface area contributed by atoms with Crippen LogP contribution in [0.3, 0.4) is 0 Å². The number of halogens is 1. The molecule has 0 bridgehead atoms. The second kappa shape index (κ2) is 8.05. The average Bonchev–Trinajstić information content (AvgIpc) is 2.65. The first-order chi connectivity index (χ1) is 15.0. The molecule has 0 unspecified atom stereocenters. The summed E-state index contributed by atoms with van der Waals surface area (Å²) in [5.74, 6) is 1.05. The molecule has 0 amide bonds. The number of dihydropyridines is 1. The molecule has 1 N–H and O–H groups in total. The molecule has 1 aliphatic heterocycles. The summed E-state index contributed by atoms with van der Waals surface area (Å²) in [4.78, 5) is 26.9. The number of nitrogens with one attached hydrogen (secondary N) is 1. The van der Waals surface area contributed by atoms with Crippen molar-refractivity contribution in [2.24, 2.45) is 10.8 Å². The second-order valence-corrected chi connectivity index (χ2v) is 11.5. The van der Waals surface area contributed by atoms with Gasteiger partial charge in [0, 0.05) is 41.3 Å². The van der Waals surface area contributed by atoms with E-state index in [1.54, 1.807) is 7.11 Å². The van der Waals surface area contributed by atoms with E-state index in [1.165, 1.54) is 0 Å². The van der Waals surface area contributed by atoms with Gasteiger partial charge in [-0.05, 0) is 64.2 Å². The van der Waals surface area contributed by atoms with Crippen molar-refractivity contribution >= 4 is 27.5 Å². The van der Waals surface area contributed by atoms with Gasteiger partial charge in [-0.15, -0.1) is 0 Å². The Balaban J connectivity index is 1.94. The monoisotopic (exact) mass is 501 g/mol. The Morgan fingerprint density at radius 1 is 0.969 bits per heavy atom. The highest BCUT2D eigenvalue weighted by Gasteiger charge is 2.46. The Bertz CT molecular complexity index is 1010. The standard InChI is InChI=1S/C26H32BrNO4/c1-7-32-24-15(27)8-14(9-20(24)31-6)21-22-16(10-25(2,3)12-18(22)29)28-17-11-26(4,5)13-19(30)23(17)21/h8-9,21,28H,7,10-13H2,1-6H3. The smallest absolute Gasteiger partial charge is 0.175 e. The van der Waals surface area contributed by atoms with Crippen molar-refractivity contribution in [3.63, 3.8) is 0 Å². The van der Waals surface area contributed by atoms with Gasteiger partial charge in [0.15, 0.2) is 23.1 Å². The molecular weight excluding hydrogens is 470 g/mol. The van der Waals surface area contributed by atoms with Crippen LogP contribution in [0.2, 0.25) is 0 Å². The topological polar surface area (TPSA) is 64.6 Å². The minimum absolute atomic E-state index is 0.113. The van der Waals surface area contributed by atoms with E-state index in [9.17, 15) is 9.59 Å². The van der Waals surface area contributed by atoms with Crippen molar-refractivity contribution in [3.05, 3.63) is 44.7 Å². The maximum Gasteiger partial charge on any atom is 0.175 e. The maximum atomic E-state index is 13.4. The molecule has 0 spiro atoms. The van der Waals surface area contributed by atoms with Crippen LogP contribution < -0.4 is 14.8 Å². The van der Waals surface area contributed by atoms with Crippen LogP contribution >= 0.6 is 15.9 Å². The lowest BCUT2D eigenvalue weighted by Gasteiger charge is -2.44. The number of hydrogen-bond acceptors (Lipinski definition) is 5. The van der Waals surface area contributed by atoms with Crippen LogP contribution in [0.1, 0.15) is 71.8 Å². The SMILES string of the molecule is CCOc1c(Br)cc(C2C3=C(CC(C)(C)CC3=O)NC3=C2C(=O)CC(C)(C)C3)cc1OC. The Morgan fingerprint density at radius 3 is 1.97 bits per heavy atom. The molecule has 2 aliphatic carbocycles. The van der Waals surface area contributed by atoms with Gasteiger partial charge in [0.1, 0.15) is 0 Å². The molecule has 6 heteroatoms. The zero-order chi connectivity index (χ0) is 23.4. The minimum atomic E-state index is -0.394. The zero-order valence-corrected chi connectivity index (χ0v) is 21.4. The highest BCUT2D eigenvalue weighted by molar-refractivity contribution is 9.10. The van der Waals surface area contributed by atoms with E-state index in [0.29, 0.717) is 30.9 Å². The predicted molar refractivity (Wildman–Crippen MR) is 128 cm³/mol. The summed E-state index contributed by atoms with van der Waals surface area (Å²) >= 11 is 3.63. The van der Waals surface area contributed by atoms with Crippen molar-refractivity contribution in [1.82, 2.24) is 5.32 Å². The van der Waals surface area contributed by atoms with Crippen LogP contribution in [0, 0.1) is 10.8 Å². The Labute approximate surface area is 198 Å². The van der Waals surface area contributed by atoms with Crippen LogP contribution in [0.15, 0.2) is 39.1 Å². The van der Waals surface area contributed by atoms with E-state index in [-0.39, 0.29) is 22.4 Å². The number of ketones is 2. The Morgan fingerprint density at radius 2 is 1.50 bits per heavy atom. The van der Waals surface area contributed by atoms with Crippen molar-refractivity contribution in [3.8, 4) is 11.5 Å². The van der Waals surface area contributed by atoms with E-state index in [2.05, 4.69) is 48.9 Å². The lowest BCUT2D eigenvalue weighted by atomic mass is 9.64. The van der Waals surface area contributed by atoms with Gasteiger partial charge in [0.05, 0.1) is 18.2 Å². The Hall–Kier alpha value is -2.08. The summed E-state index contributed by atoms with van der Waals surface area (Å²) in [5, 5.41) is 3.55. The molecule has 32 heavy (non-hydrogen) atoms. The number of carbonyl (C=O) groups is 2. The number of Topliss-reactive ketones (excluding diaryl/α,β-unsaturated/α-hetero) is 2.